The van der Waals surface area contributed by atoms with Gasteiger partial charge in [0.1, 0.15) is 11.6 Å². The van der Waals surface area contributed by atoms with Crippen LogP contribution < -0.4 is 19.7 Å². The van der Waals surface area contributed by atoms with Gasteiger partial charge in [-0.15, -0.1) is 0 Å². The molecule has 0 bridgehead atoms. The largest absolute Gasteiger partial charge is 0.494 e. The van der Waals surface area contributed by atoms with Gasteiger partial charge < -0.3 is 15.0 Å². The summed E-state index contributed by atoms with van der Waals surface area (Å²) in [5.74, 6) is 1.93. The van der Waals surface area contributed by atoms with Crippen molar-refractivity contribution in [1.82, 2.24) is 14.7 Å². The fraction of sp³-hybridized carbons (Fsp3) is 0.474. The van der Waals surface area contributed by atoms with E-state index >= 15 is 0 Å². The van der Waals surface area contributed by atoms with E-state index in [1.165, 1.54) is 0 Å². The number of rotatable bonds is 11. The zero-order valence-corrected chi connectivity index (χ0v) is 17.7. The Bertz CT molecular complexity index is 854. The molecule has 9 heteroatoms. The van der Waals surface area contributed by atoms with Crippen LogP contribution in [0.15, 0.2) is 35.2 Å². The molecule has 0 aliphatic rings. The van der Waals surface area contributed by atoms with E-state index in [9.17, 15) is 8.42 Å². The van der Waals surface area contributed by atoms with Crippen LogP contribution in [0.3, 0.4) is 0 Å². The molecule has 154 valence electrons. The summed E-state index contributed by atoms with van der Waals surface area (Å²) in [7, 11) is 0.224. The predicted molar refractivity (Wildman–Crippen MR) is 112 cm³/mol. The standard InChI is InChI=1S/C19H29N5O3S/c1-5-6-13-27-16-7-9-17(10-8-16)28(25,26)21-12-11-20-19-22-15(2)14-18(23-19)24(3)4/h7-10,14,21H,5-6,11-13H2,1-4H3,(H,20,22,23). The minimum absolute atomic E-state index is 0.206. The van der Waals surface area contributed by atoms with E-state index in [-0.39, 0.29) is 11.4 Å². The van der Waals surface area contributed by atoms with E-state index in [1.54, 1.807) is 24.3 Å². The minimum Gasteiger partial charge on any atom is -0.494 e. The molecule has 0 fully saturated rings. The van der Waals surface area contributed by atoms with E-state index in [4.69, 9.17) is 4.74 Å². The van der Waals surface area contributed by atoms with Gasteiger partial charge >= 0.3 is 0 Å². The second kappa shape index (κ2) is 10.2. The average molecular weight is 408 g/mol. The molecule has 2 N–H and O–H groups in total. The van der Waals surface area contributed by atoms with E-state index in [0.29, 0.717) is 24.8 Å². The molecule has 0 aliphatic heterocycles. The normalized spacial score (nSPS) is 11.3. The molecule has 0 radical (unpaired) electrons. The Labute approximate surface area is 167 Å². The molecule has 0 spiro atoms. The topological polar surface area (TPSA) is 96.5 Å². The molecular formula is C19H29N5O3S. The number of nitrogens with one attached hydrogen (secondary N) is 2. The molecule has 0 saturated heterocycles. The summed E-state index contributed by atoms with van der Waals surface area (Å²) in [6.45, 7) is 5.19. The van der Waals surface area contributed by atoms with Crippen LogP contribution in [0.4, 0.5) is 11.8 Å². The lowest BCUT2D eigenvalue weighted by molar-refractivity contribution is 0.309. The minimum atomic E-state index is -3.58. The molecule has 1 heterocycles. The third-order valence-electron chi connectivity index (χ3n) is 3.90. The first-order valence-corrected chi connectivity index (χ1v) is 10.8. The Morgan fingerprint density at radius 1 is 1.11 bits per heavy atom. The zero-order valence-electron chi connectivity index (χ0n) is 16.9. The highest BCUT2D eigenvalue weighted by Crippen LogP contribution is 2.16. The smallest absolute Gasteiger partial charge is 0.240 e. The molecule has 0 atom stereocenters. The van der Waals surface area contributed by atoms with Gasteiger partial charge in [0.25, 0.3) is 0 Å². The molecule has 0 aliphatic carbocycles. The Morgan fingerprint density at radius 2 is 1.82 bits per heavy atom. The molecule has 0 amide bonds. The predicted octanol–water partition coefficient (Wildman–Crippen LogP) is 2.42. The fourth-order valence-electron chi connectivity index (χ4n) is 2.35. The molecule has 2 aromatic rings. The number of hydrogen-bond acceptors (Lipinski definition) is 7. The Morgan fingerprint density at radius 3 is 2.46 bits per heavy atom. The third kappa shape index (κ3) is 6.65. The third-order valence-corrected chi connectivity index (χ3v) is 5.38. The van der Waals surface area contributed by atoms with Gasteiger partial charge in [-0.1, -0.05) is 13.3 Å². The van der Waals surface area contributed by atoms with Gasteiger partial charge in [0.05, 0.1) is 11.5 Å². The number of aryl methyl sites for hydroxylation is 1. The van der Waals surface area contributed by atoms with Crippen LogP contribution in [0, 0.1) is 6.92 Å². The van der Waals surface area contributed by atoms with E-state index < -0.39 is 10.0 Å². The number of anilines is 2. The number of unbranched alkanes of at least 4 members (excludes halogenated alkanes) is 1. The number of aromatic nitrogens is 2. The van der Waals surface area contributed by atoms with Gasteiger partial charge in [-0.05, 0) is 37.6 Å². The van der Waals surface area contributed by atoms with E-state index in [2.05, 4.69) is 26.9 Å². The monoisotopic (exact) mass is 407 g/mol. The van der Waals surface area contributed by atoms with Gasteiger partial charge in [-0.3, -0.25) is 0 Å². The molecule has 8 nitrogen and oxygen atoms in total. The van der Waals surface area contributed by atoms with Crippen molar-refractivity contribution in [2.75, 3.05) is 44.0 Å². The lowest BCUT2D eigenvalue weighted by atomic mass is 10.3. The molecule has 28 heavy (non-hydrogen) atoms. The molecule has 0 saturated carbocycles. The van der Waals surface area contributed by atoms with Gasteiger partial charge in [-0.25, -0.2) is 18.1 Å². The summed E-state index contributed by atoms with van der Waals surface area (Å²) in [4.78, 5) is 10.8. The molecular weight excluding hydrogens is 378 g/mol. The number of ether oxygens (including phenoxy) is 1. The van der Waals surface area contributed by atoms with E-state index in [1.807, 2.05) is 32.0 Å². The summed E-state index contributed by atoms with van der Waals surface area (Å²) in [6.07, 6.45) is 2.02. The van der Waals surface area contributed by atoms with Crippen molar-refractivity contribution in [3.63, 3.8) is 0 Å². The quantitative estimate of drug-likeness (QED) is 0.552. The zero-order chi connectivity index (χ0) is 20.6. The lowest BCUT2D eigenvalue weighted by Gasteiger charge is -2.14. The van der Waals surface area contributed by atoms with Crippen molar-refractivity contribution >= 4 is 21.8 Å². The first kappa shape index (κ1) is 21.9. The van der Waals surface area contributed by atoms with Crippen LogP contribution in [0.5, 0.6) is 5.75 Å². The van der Waals surface area contributed by atoms with Gasteiger partial charge in [0, 0.05) is 38.9 Å². The van der Waals surface area contributed by atoms with Crippen LogP contribution in [0.2, 0.25) is 0 Å². The SMILES string of the molecule is CCCCOc1ccc(S(=O)(=O)NCCNc2nc(C)cc(N(C)C)n2)cc1. The summed E-state index contributed by atoms with van der Waals surface area (Å²) in [5.41, 5.74) is 0.836. The maximum absolute atomic E-state index is 12.4. The van der Waals surface area contributed by atoms with Crippen LogP contribution in [0.25, 0.3) is 0 Å². The highest BCUT2D eigenvalue weighted by Gasteiger charge is 2.13. The molecule has 0 unspecified atom stereocenters. The Kier molecular flexibility index (Phi) is 8.01. The second-order valence-corrected chi connectivity index (χ2v) is 8.35. The van der Waals surface area contributed by atoms with Crippen molar-refractivity contribution in [2.45, 2.75) is 31.6 Å². The number of sulfonamides is 1. The summed E-state index contributed by atoms with van der Waals surface area (Å²) >= 11 is 0. The first-order valence-electron chi connectivity index (χ1n) is 9.31. The number of hydrogen-bond donors (Lipinski definition) is 2. The number of benzene rings is 1. The molecule has 1 aromatic heterocycles. The van der Waals surface area contributed by atoms with Crippen molar-refractivity contribution in [2.24, 2.45) is 0 Å². The first-order chi connectivity index (χ1) is 13.3. The van der Waals surface area contributed by atoms with Crippen LogP contribution in [-0.2, 0) is 10.0 Å². The van der Waals surface area contributed by atoms with Gasteiger partial charge in [0.15, 0.2) is 0 Å². The second-order valence-electron chi connectivity index (χ2n) is 6.58. The molecule has 1 aromatic carbocycles. The van der Waals surface area contributed by atoms with Crippen molar-refractivity contribution in [3.8, 4) is 5.75 Å². The van der Waals surface area contributed by atoms with E-state index in [0.717, 1.165) is 24.4 Å². The lowest BCUT2D eigenvalue weighted by Crippen LogP contribution is -2.29. The maximum atomic E-state index is 12.4. The number of nitrogens with zero attached hydrogens (tertiary/aromatic N) is 3. The van der Waals surface area contributed by atoms with Crippen molar-refractivity contribution in [1.29, 1.82) is 0 Å². The van der Waals surface area contributed by atoms with Crippen molar-refractivity contribution < 1.29 is 13.2 Å². The van der Waals surface area contributed by atoms with Crippen LogP contribution >= 0.6 is 0 Å². The van der Waals surface area contributed by atoms with Gasteiger partial charge in [-0.2, -0.15) is 4.98 Å². The fourth-order valence-corrected chi connectivity index (χ4v) is 3.38. The van der Waals surface area contributed by atoms with Crippen molar-refractivity contribution in [3.05, 3.63) is 36.0 Å². The summed E-state index contributed by atoms with van der Waals surface area (Å²) in [5, 5.41) is 3.05. The van der Waals surface area contributed by atoms with Gasteiger partial charge in [0.2, 0.25) is 16.0 Å². The van der Waals surface area contributed by atoms with Crippen LogP contribution in [0.1, 0.15) is 25.5 Å². The summed E-state index contributed by atoms with van der Waals surface area (Å²) < 4.78 is 32.9. The Hall–Kier alpha value is -2.39. The maximum Gasteiger partial charge on any atom is 0.240 e. The average Bonchev–Trinajstić information content (AvgIpc) is 2.65. The highest BCUT2D eigenvalue weighted by molar-refractivity contribution is 7.89. The van der Waals surface area contributed by atoms with Crippen LogP contribution in [-0.4, -0.2) is 52.2 Å². The summed E-state index contributed by atoms with van der Waals surface area (Å²) in [6, 6.07) is 8.31. The molecule has 2 rings (SSSR count). The Balaban J connectivity index is 1.86. The highest BCUT2D eigenvalue weighted by atomic mass is 32.2.